The highest BCUT2D eigenvalue weighted by Gasteiger charge is 2.36. The molecule has 1 saturated heterocycles. The van der Waals surface area contributed by atoms with Gasteiger partial charge in [0.15, 0.2) is 0 Å². The minimum Gasteiger partial charge on any atom is -0.297 e. The van der Waals surface area contributed by atoms with Crippen molar-refractivity contribution in [3.8, 4) is 0 Å². The lowest BCUT2D eigenvalue weighted by atomic mass is 9.87. The molecule has 2 nitrogen and oxygen atoms in total. The lowest BCUT2D eigenvalue weighted by Crippen LogP contribution is -2.51. The first-order valence-electron chi connectivity index (χ1n) is 4.81. The summed E-state index contributed by atoms with van der Waals surface area (Å²) in [4.78, 5) is 2.16. The standard InChI is InChI=1S/C9H15FNO/c10-8-1-2-9(8)11-5-3-7(12)4-6-11/h7-9H,1-6H2. The van der Waals surface area contributed by atoms with E-state index in [-0.39, 0.29) is 12.1 Å². The first-order chi connectivity index (χ1) is 5.77. The van der Waals surface area contributed by atoms with Crippen molar-refractivity contribution in [3.63, 3.8) is 0 Å². The van der Waals surface area contributed by atoms with Crippen LogP contribution < -0.4 is 0 Å². The fourth-order valence-corrected chi connectivity index (χ4v) is 2.06. The lowest BCUT2D eigenvalue weighted by Gasteiger charge is -2.42. The van der Waals surface area contributed by atoms with E-state index < -0.39 is 6.17 Å². The Kier molecular flexibility index (Phi) is 2.33. The minimum absolute atomic E-state index is 0.150. The van der Waals surface area contributed by atoms with Gasteiger partial charge < -0.3 is 0 Å². The quantitative estimate of drug-likeness (QED) is 0.586. The average molecular weight is 172 g/mol. The van der Waals surface area contributed by atoms with Gasteiger partial charge in [0.05, 0.1) is 6.10 Å². The minimum atomic E-state index is -0.617. The maximum atomic E-state index is 12.9. The maximum absolute atomic E-state index is 12.9. The Morgan fingerprint density at radius 1 is 1.08 bits per heavy atom. The molecule has 3 heteroatoms. The summed E-state index contributed by atoms with van der Waals surface area (Å²) in [5.41, 5.74) is 0. The summed E-state index contributed by atoms with van der Waals surface area (Å²) < 4.78 is 12.9. The molecule has 2 unspecified atom stereocenters. The third kappa shape index (κ3) is 1.48. The number of piperidine rings is 1. The van der Waals surface area contributed by atoms with Gasteiger partial charge in [0.1, 0.15) is 6.17 Å². The molecule has 69 valence electrons. The van der Waals surface area contributed by atoms with Crippen LogP contribution in [0.3, 0.4) is 0 Å². The van der Waals surface area contributed by atoms with E-state index in [2.05, 4.69) is 4.90 Å². The van der Waals surface area contributed by atoms with Gasteiger partial charge in [0.2, 0.25) is 0 Å². The number of nitrogens with zero attached hydrogens (tertiary/aromatic N) is 1. The highest BCUT2D eigenvalue weighted by Crippen LogP contribution is 2.30. The van der Waals surface area contributed by atoms with Crippen LogP contribution in [0, 0.1) is 0 Å². The summed E-state index contributed by atoms with van der Waals surface area (Å²) in [7, 11) is 0. The van der Waals surface area contributed by atoms with E-state index in [0.717, 1.165) is 25.9 Å². The van der Waals surface area contributed by atoms with Crippen molar-refractivity contribution >= 4 is 0 Å². The Labute approximate surface area is 72.4 Å². The van der Waals surface area contributed by atoms with Crippen LogP contribution in [0.5, 0.6) is 0 Å². The zero-order chi connectivity index (χ0) is 8.55. The molecule has 1 heterocycles. The Morgan fingerprint density at radius 3 is 2.17 bits per heavy atom. The summed E-state index contributed by atoms with van der Waals surface area (Å²) >= 11 is 0. The van der Waals surface area contributed by atoms with Crippen molar-refractivity contribution in [1.29, 1.82) is 0 Å². The molecule has 0 amide bonds. The molecule has 0 aromatic carbocycles. The predicted molar refractivity (Wildman–Crippen MR) is 43.2 cm³/mol. The Hall–Kier alpha value is -0.150. The molecule has 1 aliphatic heterocycles. The van der Waals surface area contributed by atoms with Crippen LogP contribution in [0.2, 0.25) is 0 Å². The lowest BCUT2D eigenvalue weighted by molar-refractivity contribution is -0.0257. The second-order valence-electron chi connectivity index (χ2n) is 3.90. The van der Waals surface area contributed by atoms with Gasteiger partial charge in [-0.05, 0) is 25.7 Å². The Balaban J connectivity index is 1.81. The predicted octanol–water partition coefficient (Wildman–Crippen LogP) is 1.38. The van der Waals surface area contributed by atoms with Crippen LogP contribution in [0.25, 0.3) is 0 Å². The number of rotatable bonds is 1. The molecule has 2 fully saturated rings. The van der Waals surface area contributed by atoms with Gasteiger partial charge in [0.25, 0.3) is 0 Å². The van der Waals surface area contributed by atoms with Gasteiger partial charge in [-0.3, -0.25) is 4.90 Å². The largest absolute Gasteiger partial charge is 0.297 e. The number of halogens is 1. The van der Waals surface area contributed by atoms with Crippen molar-refractivity contribution in [2.24, 2.45) is 0 Å². The molecule has 0 aromatic rings. The average Bonchev–Trinajstić information content (AvgIpc) is 2.06. The smallest absolute Gasteiger partial charge is 0.116 e. The van der Waals surface area contributed by atoms with Crippen molar-refractivity contribution in [1.82, 2.24) is 4.90 Å². The topological polar surface area (TPSA) is 23.1 Å². The summed E-state index contributed by atoms with van der Waals surface area (Å²) in [5, 5.41) is 11.0. The summed E-state index contributed by atoms with van der Waals surface area (Å²) in [6.07, 6.45) is 2.13. The molecule has 12 heavy (non-hydrogen) atoms. The Bertz CT molecular complexity index is 157. The SMILES string of the molecule is [O]C1CCN(C2CCC2F)CC1. The van der Waals surface area contributed by atoms with Crippen molar-refractivity contribution in [3.05, 3.63) is 0 Å². The van der Waals surface area contributed by atoms with Crippen LogP contribution in [0.4, 0.5) is 4.39 Å². The van der Waals surface area contributed by atoms with Crippen LogP contribution in [0.15, 0.2) is 0 Å². The molecule has 1 aliphatic carbocycles. The van der Waals surface area contributed by atoms with Crippen molar-refractivity contribution in [2.75, 3.05) is 13.1 Å². The van der Waals surface area contributed by atoms with E-state index in [9.17, 15) is 9.50 Å². The highest BCUT2D eigenvalue weighted by molar-refractivity contribution is 4.90. The zero-order valence-corrected chi connectivity index (χ0v) is 7.21. The molecule has 0 bridgehead atoms. The molecule has 2 atom stereocenters. The third-order valence-corrected chi connectivity index (χ3v) is 3.10. The summed E-state index contributed by atoms with van der Waals surface area (Å²) in [5.74, 6) is 0. The van der Waals surface area contributed by atoms with E-state index in [1.165, 1.54) is 0 Å². The van der Waals surface area contributed by atoms with E-state index in [0.29, 0.717) is 12.8 Å². The third-order valence-electron chi connectivity index (χ3n) is 3.10. The van der Waals surface area contributed by atoms with E-state index in [1.807, 2.05) is 0 Å². The van der Waals surface area contributed by atoms with Gasteiger partial charge in [-0.1, -0.05) is 0 Å². The van der Waals surface area contributed by atoms with Gasteiger partial charge >= 0.3 is 0 Å². The number of alkyl halides is 1. The molecule has 0 spiro atoms. The van der Waals surface area contributed by atoms with Crippen LogP contribution in [-0.4, -0.2) is 36.3 Å². The number of hydrogen-bond donors (Lipinski definition) is 0. The molecular weight excluding hydrogens is 157 g/mol. The molecule has 0 aromatic heterocycles. The van der Waals surface area contributed by atoms with Crippen LogP contribution in [0.1, 0.15) is 25.7 Å². The van der Waals surface area contributed by atoms with Gasteiger partial charge in [-0.2, -0.15) is 0 Å². The maximum Gasteiger partial charge on any atom is 0.116 e. The molecule has 2 aliphatic rings. The first kappa shape index (κ1) is 8.45. The molecule has 0 N–H and O–H groups in total. The first-order valence-corrected chi connectivity index (χ1v) is 4.81. The van der Waals surface area contributed by atoms with Crippen molar-refractivity contribution in [2.45, 2.75) is 44.0 Å². The molecular formula is C9H15FNO. The molecule has 1 radical (unpaired) electrons. The van der Waals surface area contributed by atoms with E-state index in [1.54, 1.807) is 0 Å². The summed E-state index contributed by atoms with van der Waals surface area (Å²) in [6.45, 7) is 1.64. The molecule has 1 saturated carbocycles. The van der Waals surface area contributed by atoms with Crippen LogP contribution >= 0.6 is 0 Å². The second kappa shape index (κ2) is 3.30. The highest BCUT2D eigenvalue weighted by atomic mass is 19.1. The Morgan fingerprint density at radius 2 is 1.75 bits per heavy atom. The monoisotopic (exact) mass is 172 g/mol. The van der Waals surface area contributed by atoms with E-state index in [4.69, 9.17) is 0 Å². The number of hydrogen-bond acceptors (Lipinski definition) is 1. The zero-order valence-electron chi connectivity index (χ0n) is 7.21. The van der Waals surface area contributed by atoms with Gasteiger partial charge in [0, 0.05) is 19.1 Å². The van der Waals surface area contributed by atoms with Crippen molar-refractivity contribution < 1.29 is 9.50 Å². The fraction of sp³-hybridized carbons (Fsp3) is 1.00. The van der Waals surface area contributed by atoms with Gasteiger partial charge in [-0.15, -0.1) is 0 Å². The normalized spacial score (nSPS) is 39.5. The fourth-order valence-electron chi connectivity index (χ4n) is 2.06. The molecule has 2 rings (SSSR count). The second-order valence-corrected chi connectivity index (χ2v) is 3.90. The van der Waals surface area contributed by atoms with Crippen LogP contribution in [-0.2, 0) is 5.11 Å². The summed E-state index contributed by atoms with van der Waals surface area (Å²) in [6, 6.07) is 0.150. The number of likely N-dealkylation sites (tertiary alicyclic amines) is 1. The van der Waals surface area contributed by atoms with E-state index >= 15 is 0 Å². The van der Waals surface area contributed by atoms with Gasteiger partial charge in [-0.25, -0.2) is 9.50 Å².